The summed E-state index contributed by atoms with van der Waals surface area (Å²) in [6.45, 7) is 1.47. The van der Waals surface area contributed by atoms with Gasteiger partial charge in [0.15, 0.2) is 0 Å². The monoisotopic (exact) mass is 274 g/mol. The smallest absolute Gasteiger partial charge is 0.244 e. The Morgan fingerprint density at radius 2 is 1.78 bits per heavy atom. The van der Waals surface area contributed by atoms with E-state index in [-0.39, 0.29) is 16.1 Å². The lowest BCUT2D eigenvalue weighted by atomic mass is 10.2. The van der Waals surface area contributed by atoms with Crippen LogP contribution in [0.15, 0.2) is 17.0 Å². The third-order valence-corrected chi connectivity index (χ3v) is 4.38. The Labute approximate surface area is 106 Å². The van der Waals surface area contributed by atoms with Crippen molar-refractivity contribution in [3.05, 3.63) is 23.5 Å². The Kier molecular flexibility index (Phi) is 4.08. The van der Waals surface area contributed by atoms with Crippen LogP contribution in [0.5, 0.6) is 0 Å². The van der Waals surface area contributed by atoms with Gasteiger partial charge < -0.3 is 4.90 Å². The van der Waals surface area contributed by atoms with Crippen molar-refractivity contribution in [2.24, 2.45) is 0 Å². The van der Waals surface area contributed by atoms with E-state index >= 15 is 0 Å². The number of carbonyl (C=O) groups excluding carboxylic acids is 1. The second kappa shape index (κ2) is 5.03. The molecule has 0 fully saturated rings. The molecule has 1 aromatic rings. The molecule has 18 heavy (non-hydrogen) atoms. The Hall–Kier alpha value is -1.47. The first kappa shape index (κ1) is 14.6. The highest BCUT2D eigenvalue weighted by molar-refractivity contribution is 7.89. The summed E-state index contributed by atoms with van der Waals surface area (Å²) in [5.41, 5.74) is 0.222. The summed E-state index contributed by atoms with van der Waals surface area (Å²) in [6.07, 6.45) is 0.429. The molecule has 0 bridgehead atoms. The van der Waals surface area contributed by atoms with Crippen molar-refractivity contribution >= 4 is 22.1 Å². The first-order chi connectivity index (χ1) is 8.21. The third kappa shape index (κ3) is 2.51. The van der Waals surface area contributed by atoms with Gasteiger partial charge in [0.05, 0.1) is 5.69 Å². The third-order valence-electron chi connectivity index (χ3n) is 2.54. The number of hydrogen-bond acceptors (Lipinski definition) is 3. The summed E-state index contributed by atoms with van der Waals surface area (Å²) < 4.78 is 38.7. The van der Waals surface area contributed by atoms with Crippen LogP contribution in [0.25, 0.3) is 0 Å². The van der Waals surface area contributed by atoms with Crippen LogP contribution >= 0.6 is 0 Å². The minimum Gasteiger partial charge on any atom is -0.317 e. The molecule has 0 aromatic heterocycles. The van der Waals surface area contributed by atoms with Crippen LogP contribution in [0.4, 0.5) is 10.1 Å². The summed E-state index contributed by atoms with van der Waals surface area (Å²) in [6, 6.07) is 2.26. The van der Waals surface area contributed by atoms with Crippen LogP contribution in [0.2, 0.25) is 0 Å². The second-order valence-electron chi connectivity index (χ2n) is 4.07. The van der Waals surface area contributed by atoms with Crippen LogP contribution in [-0.2, 0) is 14.8 Å². The minimum absolute atomic E-state index is 0.0156. The number of hydrogen-bond donors (Lipinski definition) is 0. The Bertz CT molecular complexity index is 570. The molecular formula is C11H15FN2O3S. The maximum atomic E-state index is 13.5. The van der Waals surface area contributed by atoms with E-state index in [4.69, 9.17) is 0 Å². The van der Waals surface area contributed by atoms with Gasteiger partial charge in [-0.2, -0.15) is 0 Å². The summed E-state index contributed by atoms with van der Waals surface area (Å²) in [4.78, 5) is 11.7. The number of nitrogens with zero attached hydrogens (tertiary/aromatic N) is 2. The van der Waals surface area contributed by atoms with Crippen molar-refractivity contribution in [1.29, 1.82) is 0 Å². The molecule has 1 rings (SSSR count). The molecule has 0 spiro atoms. The van der Waals surface area contributed by atoms with E-state index in [1.165, 1.54) is 34.1 Å². The Balaban J connectivity index is 3.61. The summed E-state index contributed by atoms with van der Waals surface area (Å²) >= 11 is 0. The fourth-order valence-corrected chi connectivity index (χ4v) is 2.57. The van der Waals surface area contributed by atoms with Gasteiger partial charge in [-0.05, 0) is 24.6 Å². The fourth-order valence-electron chi connectivity index (χ4n) is 1.38. The van der Waals surface area contributed by atoms with E-state index < -0.39 is 15.8 Å². The summed E-state index contributed by atoms with van der Waals surface area (Å²) in [7, 11) is 0.378. The van der Waals surface area contributed by atoms with E-state index in [9.17, 15) is 17.6 Å². The fraction of sp³-hybridized carbons (Fsp3) is 0.364. The maximum Gasteiger partial charge on any atom is 0.244 e. The molecule has 0 unspecified atom stereocenters. The van der Waals surface area contributed by atoms with E-state index in [0.29, 0.717) is 6.41 Å². The van der Waals surface area contributed by atoms with Gasteiger partial charge in [0.25, 0.3) is 0 Å². The van der Waals surface area contributed by atoms with Crippen molar-refractivity contribution in [1.82, 2.24) is 4.31 Å². The van der Waals surface area contributed by atoms with Crippen LogP contribution in [0, 0.1) is 12.7 Å². The lowest BCUT2D eigenvalue weighted by molar-refractivity contribution is -0.107. The molecule has 100 valence electrons. The zero-order chi connectivity index (χ0) is 14.1. The minimum atomic E-state index is -3.74. The number of aryl methyl sites for hydroxylation is 1. The molecular weight excluding hydrogens is 259 g/mol. The van der Waals surface area contributed by atoms with Crippen molar-refractivity contribution in [2.75, 3.05) is 26.0 Å². The topological polar surface area (TPSA) is 57.7 Å². The number of amides is 1. The quantitative estimate of drug-likeness (QED) is 0.769. The molecule has 0 heterocycles. The molecule has 0 radical (unpaired) electrons. The standard InChI is InChI=1S/C11H15FN2O3S/c1-8-5-11(18(16,17)13(2)3)10(6-9(8)12)14(4)7-15/h5-7H,1-4H3. The first-order valence-electron chi connectivity index (χ1n) is 5.12. The molecule has 1 amide bonds. The number of rotatable bonds is 4. The Morgan fingerprint density at radius 1 is 1.22 bits per heavy atom. The second-order valence-corrected chi connectivity index (χ2v) is 6.19. The highest BCUT2D eigenvalue weighted by atomic mass is 32.2. The number of sulfonamides is 1. The Morgan fingerprint density at radius 3 is 2.22 bits per heavy atom. The average molecular weight is 274 g/mol. The van der Waals surface area contributed by atoms with Crippen LogP contribution < -0.4 is 4.90 Å². The first-order valence-corrected chi connectivity index (χ1v) is 6.56. The van der Waals surface area contributed by atoms with Gasteiger partial charge in [-0.15, -0.1) is 0 Å². The predicted octanol–water partition coefficient (Wildman–Crippen LogP) is 0.977. The predicted molar refractivity (Wildman–Crippen MR) is 66.5 cm³/mol. The maximum absolute atomic E-state index is 13.5. The van der Waals surface area contributed by atoms with Gasteiger partial charge >= 0.3 is 0 Å². The highest BCUT2D eigenvalue weighted by Gasteiger charge is 2.24. The van der Waals surface area contributed by atoms with E-state index in [1.807, 2.05) is 0 Å². The van der Waals surface area contributed by atoms with Gasteiger partial charge in [-0.1, -0.05) is 0 Å². The van der Waals surface area contributed by atoms with Gasteiger partial charge in [-0.25, -0.2) is 17.1 Å². The van der Waals surface area contributed by atoms with Crippen molar-refractivity contribution in [3.8, 4) is 0 Å². The van der Waals surface area contributed by atoms with Gasteiger partial charge in [0.1, 0.15) is 10.7 Å². The lowest BCUT2D eigenvalue weighted by Gasteiger charge is -2.19. The van der Waals surface area contributed by atoms with E-state index in [2.05, 4.69) is 0 Å². The normalized spacial score (nSPS) is 11.7. The molecule has 0 saturated carbocycles. The van der Waals surface area contributed by atoms with Crippen LogP contribution in [0.1, 0.15) is 5.56 Å². The van der Waals surface area contributed by atoms with E-state index in [0.717, 1.165) is 15.3 Å². The van der Waals surface area contributed by atoms with Crippen molar-refractivity contribution < 1.29 is 17.6 Å². The van der Waals surface area contributed by atoms with Crippen molar-refractivity contribution in [3.63, 3.8) is 0 Å². The molecule has 0 aliphatic heterocycles. The average Bonchev–Trinajstić information content (AvgIpc) is 2.30. The molecule has 0 N–H and O–H groups in total. The highest BCUT2D eigenvalue weighted by Crippen LogP contribution is 2.28. The zero-order valence-corrected chi connectivity index (χ0v) is 11.5. The largest absolute Gasteiger partial charge is 0.317 e. The van der Waals surface area contributed by atoms with E-state index in [1.54, 1.807) is 0 Å². The molecule has 0 saturated heterocycles. The SMILES string of the molecule is Cc1cc(S(=O)(=O)N(C)C)c(N(C)C=O)cc1F. The van der Waals surface area contributed by atoms with Gasteiger partial charge in [-0.3, -0.25) is 4.79 Å². The number of halogens is 1. The number of carbonyl (C=O) groups is 1. The molecule has 0 atom stereocenters. The van der Waals surface area contributed by atoms with Gasteiger partial charge in [0, 0.05) is 21.1 Å². The van der Waals surface area contributed by atoms with Crippen molar-refractivity contribution in [2.45, 2.75) is 11.8 Å². The molecule has 1 aromatic carbocycles. The molecule has 5 nitrogen and oxygen atoms in total. The number of benzene rings is 1. The molecule has 7 heteroatoms. The van der Waals surface area contributed by atoms with Crippen LogP contribution in [0.3, 0.4) is 0 Å². The summed E-state index contributed by atoms with van der Waals surface area (Å²) in [5.74, 6) is -0.559. The molecule has 0 aliphatic rings. The molecule has 0 aliphatic carbocycles. The van der Waals surface area contributed by atoms with Crippen LogP contribution in [-0.4, -0.2) is 40.3 Å². The van der Waals surface area contributed by atoms with Gasteiger partial charge in [0.2, 0.25) is 16.4 Å². The summed E-state index contributed by atoms with van der Waals surface area (Å²) in [5, 5.41) is 0. The lowest BCUT2D eigenvalue weighted by Crippen LogP contribution is -2.26. The zero-order valence-electron chi connectivity index (χ0n) is 10.6. The number of anilines is 1.